The number of thioether (sulfide) groups is 1. The Balaban J connectivity index is 1.36. The summed E-state index contributed by atoms with van der Waals surface area (Å²) in [5, 5.41) is 13.6. The van der Waals surface area contributed by atoms with E-state index in [1.165, 1.54) is 46.8 Å². The summed E-state index contributed by atoms with van der Waals surface area (Å²) in [6.45, 7) is 4.51. The van der Waals surface area contributed by atoms with Gasteiger partial charge in [0.1, 0.15) is 15.9 Å². The molecule has 0 aliphatic heterocycles. The monoisotopic (exact) mass is 502 g/mol. The summed E-state index contributed by atoms with van der Waals surface area (Å²) >= 11 is 3.02. The molecule has 0 fully saturated rings. The predicted octanol–water partition coefficient (Wildman–Crippen LogP) is 5.70. The van der Waals surface area contributed by atoms with E-state index in [9.17, 15) is 4.79 Å². The van der Waals surface area contributed by atoms with E-state index in [1.807, 2.05) is 34.7 Å². The molecule has 178 valence electrons. The summed E-state index contributed by atoms with van der Waals surface area (Å²) in [7, 11) is 0. The smallest absolute Gasteiger partial charge is 0.234 e. The van der Waals surface area contributed by atoms with Gasteiger partial charge in [0.25, 0.3) is 0 Å². The lowest BCUT2D eigenvalue weighted by atomic mass is 9.87. The lowest BCUT2D eigenvalue weighted by molar-refractivity contribution is -0.113. The Morgan fingerprint density at radius 1 is 1.14 bits per heavy atom. The van der Waals surface area contributed by atoms with Crippen LogP contribution in [0.4, 0.5) is 5.69 Å². The van der Waals surface area contributed by atoms with Gasteiger partial charge in [-0.25, -0.2) is 9.97 Å². The fourth-order valence-corrected chi connectivity index (χ4v) is 6.74. The first-order chi connectivity index (χ1) is 17.1. The first kappa shape index (κ1) is 22.4. The summed E-state index contributed by atoms with van der Waals surface area (Å²) in [5.74, 6) is 0.732. The minimum absolute atomic E-state index is 0.0811. The fraction of sp³-hybridized carbons (Fsp3) is 0.346. The summed E-state index contributed by atoms with van der Waals surface area (Å²) in [6.07, 6.45) is 7.43. The van der Waals surface area contributed by atoms with Crippen LogP contribution in [0.5, 0.6) is 0 Å². The van der Waals surface area contributed by atoms with Gasteiger partial charge in [0.2, 0.25) is 5.91 Å². The molecule has 4 aromatic heterocycles. The van der Waals surface area contributed by atoms with Gasteiger partial charge in [0.05, 0.1) is 11.3 Å². The second-order valence-electron chi connectivity index (χ2n) is 9.40. The summed E-state index contributed by atoms with van der Waals surface area (Å²) < 4.78 is 2.90. The Labute approximate surface area is 211 Å². The maximum atomic E-state index is 12.4. The van der Waals surface area contributed by atoms with E-state index in [0.29, 0.717) is 11.1 Å². The average Bonchev–Trinajstić information content (AvgIpc) is 3.44. The molecule has 0 saturated carbocycles. The van der Waals surface area contributed by atoms with Crippen LogP contribution < -0.4 is 5.32 Å². The number of aryl methyl sites for hydroxylation is 1. The molecule has 0 radical (unpaired) electrons. The molecule has 5 aromatic rings. The molecule has 0 bridgehead atoms. The van der Waals surface area contributed by atoms with Crippen molar-refractivity contribution in [1.82, 2.24) is 24.6 Å². The molecule has 1 aliphatic carbocycles. The highest BCUT2D eigenvalue weighted by Crippen LogP contribution is 2.40. The van der Waals surface area contributed by atoms with Crippen molar-refractivity contribution < 1.29 is 4.79 Å². The minimum atomic E-state index is -0.0811. The van der Waals surface area contributed by atoms with Gasteiger partial charge in [0, 0.05) is 16.8 Å². The zero-order valence-electron chi connectivity index (χ0n) is 19.7. The number of benzene rings is 1. The number of carbonyl (C=O) groups is 1. The van der Waals surface area contributed by atoms with Gasteiger partial charge in [-0.15, -0.1) is 21.5 Å². The van der Waals surface area contributed by atoms with Crippen molar-refractivity contribution in [3.8, 4) is 0 Å². The lowest BCUT2D eigenvalue weighted by Crippen LogP contribution is -2.14. The first-order valence-corrected chi connectivity index (χ1v) is 13.8. The quantitative estimate of drug-likeness (QED) is 0.300. The van der Waals surface area contributed by atoms with Crippen molar-refractivity contribution in [3.05, 3.63) is 53.5 Å². The van der Waals surface area contributed by atoms with Gasteiger partial charge < -0.3 is 5.32 Å². The van der Waals surface area contributed by atoms with Crippen LogP contribution in [0.2, 0.25) is 0 Å². The van der Waals surface area contributed by atoms with Crippen LogP contribution in [-0.2, 0) is 24.1 Å². The number of anilines is 1. The molecule has 0 atom stereocenters. The number of amides is 1. The molecule has 1 aliphatic rings. The summed E-state index contributed by atoms with van der Waals surface area (Å²) in [4.78, 5) is 23.5. The third kappa shape index (κ3) is 4.16. The second kappa shape index (κ2) is 9.20. The predicted molar refractivity (Wildman–Crippen MR) is 142 cm³/mol. The standard InChI is InChI=1S/C26H26N6OS2/c1-15(2)12-19-17-10-6-7-11-18(17)21-22-23(35-25(21)29-19)24-30-31-26(32(24)14-27-22)34-13-20(33)28-16-8-4-3-5-9-16/h3-5,8-9,14-15H,6-7,10-13H2,1-2H3,(H,28,33). The number of carbonyl (C=O) groups excluding carboxylic acids is 1. The normalized spacial score (nSPS) is 13.7. The number of thiophene rings is 1. The number of nitrogens with zero attached hydrogens (tertiary/aromatic N) is 5. The van der Waals surface area contributed by atoms with Crippen molar-refractivity contribution in [2.45, 2.75) is 51.1 Å². The van der Waals surface area contributed by atoms with E-state index in [0.717, 1.165) is 45.6 Å². The number of pyridine rings is 1. The van der Waals surface area contributed by atoms with Crippen LogP contribution in [0.15, 0.2) is 41.8 Å². The molecule has 1 N–H and O–H groups in total. The number of hydrogen-bond acceptors (Lipinski definition) is 7. The third-order valence-electron chi connectivity index (χ3n) is 6.38. The molecular formula is C26H26N6OS2. The number of para-hydroxylation sites is 1. The average molecular weight is 503 g/mol. The molecule has 0 unspecified atom stereocenters. The topological polar surface area (TPSA) is 85.1 Å². The molecule has 1 amide bonds. The van der Waals surface area contributed by atoms with Crippen LogP contribution in [0, 0.1) is 5.92 Å². The van der Waals surface area contributed by atoms with Crippen molar-refractivity contribution in [1.29, 1.82) is 0 Å². The zero-order valence-corrected chi connectivity index (χ0v) is 21.4. The molecule has 0 spiro atoms. The van der Waals surface area contributed by atoms with Gasteiger partial charge in [-0.1, -0.05) is 43.8 Å². The van der Waals surface area contributed by atoms with Crippen LogP contribution in [-0.4, -0.2) is 36.2 Å². The number of fused-ring (bicyclic) bond motifs is 7. The van der Waals surface area contributed by atoms with Crippen molar-refractivity contribution in [3.63, 3.8) is 0 Å². The molecule has 6 rings (SSSR count). The largest absolute Gasteiger partial charge is 0.325 e. The van der Waals surface area contributed by atoms with E-state index in [2.05, 4.69) is 29.4 Å². The summed E-state index contributed by atoms with van der Waals surface area (Å²) in [5.41, 5.74) is 6.68. The summed E-state index contributed by atoms with van der Waals surface area (Å²) in [6, 6.07) is 9.46. The molecular weight excluding hydrogens is 476 g/mol. The van der Waals surface area contributed by atoms with Crippen LogP contribution in [0.3, 0.4) is 0 Å². The van der Waals surface area contributed by atoms with Crippen LogP contribution in [0.1, 0.15) is 43.5 Å². The minimum Gasteiger partial charge on any atom is -0.325 e. The Morgan fingerprint density at radius 2 is 1.94 bits per heavy atom. The van der Waals surface area contributed by atoms with Gasteiger partial charge in [-0.2, -0.15) is 0 Å². The van der Waals surface area contributed by atoms with Gasteiger partial charge in [-0.05, 0) is 61.3 Å². The van der Waals surface area contributed by atoms with E-state index >= 15 is 0 Å². The van der Waals surface area contributed by atoms with E-state index in [4.69, 9.17) is 9.97 Å². The Morgan fingerprint density at radius 3 is 2.74 bits per heavy atom. The maximum absolute atomic E-state index is 12.4. The Hall–Kier alpha value is -3.04. The van der Waals surface area contributed by atoms with Gasteiger partial charge >= 0.3 is 0 Å². The number of aromatic nitrogens is 5. The molecule has 35 heavy (non-hydrogen) atoms. The van der Waals surface area contributed by atoms with E-state index in [-0.39, 0.29) is 11.7 Å². The zero-order chi connectivity index (χ0) is 23.9. The SMILES string of the molecule is CC(C)Cc1nc2sc3c(ncn4c(SCC(=O)Nc5ccccc5)nnc34)c2c2c1CCCC2. The van der Waals surface area contributed by atoms with Crippen molar-refractivity contribution in [2.75, 3.05) is 11.1 Å². The highest BCUT2D eigenvalue weighted by Gasteiger charge is 2.24. The van der Waals surface area contributed by atoms with E-state index < -0.39 is 0 Å². The highest BCUT2D eigenvalue weighted by molar-refractivity contribution is 7.99. The molecule has 0 saturated heterocycles. The van der Waals surface area contributed by atoms with Crippen molar-refractivity contribution in [2.24, 2.45) is 5.92 Å². The number of nitrogens with one attached hydrogen (secondary N) is 1. The Bertz CT molecular complexity index is 1560. The molecule has 4 heterocycles. The molecule has 1 aromatic carbocycles. The Kier molecular flexibility index (Phi) is 5.89. The number of rotatable bonds is 6. The molecule has 7 nitrogen and oxygen atoms in total. The second-order valence-corrected chi connectivity index (χ2v) is 11.3. The third-order valence-corrected chi connectivity index (χ3v) is 8.39. The number of hydrogen-bond donors (Lipinski definition) is 1. The van der Waals surface area contributed by atoms with Crippen LogP contribution >= 0.6 is 23.1 Å². The fourth-order valence-electron chi connectivity index (χ4n) is 4.88. The highest BCUT2D eigenvalue weighted by atomic mass is 32.2. The molecule has 9 heteroatoms. The van der Waals surface area contributed by atoms with Gasteiger partial charge in [-0.3, -0.25) is 9.20 Å². The maximum Gasteiger partial charge on any atom is 0.234 e. The first-order valence-electron chi connectivity index (χ1n) is 12.0. The van der Waals surface area contributed by atoms with Gasteiger partial charge in [0.15, 0.2) is 10.8 Å². The van der Waals surface area contributed by atoms with Crippen molar-refractivity contribution >= 4 is 60.8 Å². The van der Waals surface area contributed by atoms with Crippen LogP contribution in [0.25, 0.3) is 26.1 Å². The van der Waals surface area contributed by atoms with E-state index in [1.54, 1.807) is 17.7 Å². The lowest BCUT2D eigenvalue weighted by Gasteiger charge is -2.20.